The molecule has 3 bridgehead atoms. The van der Waals surface area contributed by atoms with Gasteiger partial charge in [0.05, 0.1) is 11.0 Å². The zero-order chi connectivity index (χ0) is 42.4. The third kappa shape index (κ3) is 5.14. The van der Waals surface area contributed by atoms with Crippen molar-refractivity contribution in [3.8, 4) is 39.1 Å². The van der Waals surface area contributed by atoms with E-state index in [2.05, 4.69) is 211 Å². The first kappa shape index (κ1) is 36.8. The smallest absolute Gasteiger partial charge is 0.0542 e. The van der Waals surface area contributed by atoms with Gasteiger partial charge in [-0.3, -0.25) is 0 Å². The molecule has 5 atom stereocenters. The molecule has 5 unspecified atom stereocenters. The van der Waals surface area contributed by atoms with E-state index >= 15 is 0 Å². The van der Waals surface area contributed by atoms with Gasteiger partial charge in [0.15, 0.2) is 0 Å². The van der Waals surface area contributed by atoms with Gasteiger partial charge in [0.1, 0.15) is 0 Å². The molecule has 64 heavy (non-hydrogen) atoms. The maximum Gasteiger partial charge on any atom is 0.0542 e. The Balaban J connectivity index is 0.847. The highest BCUT2D eigenvalue weighted by molar-refractivity contribution is 6.10. The third-order valence-corrected chi connectivity index (χ3v) is 17.4. The topological polar surface area (TPSA) is 8.17 Å². The molecule has 0 saturated heterocycles. The molecule has 1 heterocycles. The Morgan fingerprint density at radius 3 is 1.89 bits per heavy atom. The van der Waals surface area contributed by atoms with Crippen LogP contribution in [0.4, 0.5) is 17.1 Å². The van der Waals surface area contributed by atoms with Crippen molar-refractivity contribution in [2.24, 2.45) is 23.2 Å². The van der Waals surface area contributed by atoms with Gasteiger partial charge >= 0.3 is 0 Å². The molecule has 4 fully saturated rings. The number of fused-ring (bicyclic) bond motifs is 8. The molecule has 0 aliphatic heterocycles. The lowest BCUT2D eigenvalue weighted by Crippen LogP contribution is -2.42. The lowest BCUT2D eigenvalue weighted by atomic mass is 9.55. The summed E-state index contributed by atoms with van der Waals surface area (Å²) in [6.45, 7) is 4.85. The monoisotopic (exact) mass is 824 g/mol. The summed E-state index contributed by atoms with van der Waals surface area (Å²) >= 11 is 0. The maximum atomic E-state index is 2.52. The molecule has 14 rings (SSSR count). The molecule has 9 aromatic rings. The third-order valence-electron chi connectivity index (χ3n) is 17.4. The minimum Gasteiger partial charge on any atom is -0.310 e. The molecule has 5 aliphatic carbocycles. The molecule has 8 aromatic carbocycles. The van der Waals surface area contributed by atoms with Crippen molar-refractivity contribution < 1.29 is 0 Å². The van der Waals surface area contributed by atoms with Crippen molar-refractivity contribution in [1.29, 1.82) is 0 Å². The number of anilines is 3. The molecular weight excluding hydrogens is 773 g/mol. The lowest BCUT2D eigenvalue weighted by Gasteiger charge is -2.49. The van der Waals surface area contributed by atoms with E-state index in [9.17, 15) is 0 Å². The first-order valence-electron chi connectivity index (χ1n) is 23.8. The van der Waals surface area contributed by atoms with Gasteiger partial charge in [-0.25, -0.2) is 0 Å². The van der Waals surface area contributed by atoms with Crippen LogP contribution in [0.5, 0.6) is 0 Å². The molecule has 0 N–H and O–H groups in total. The summed E-state index contributed by atoms with van der Waals surface area (Å²) in [5, 5.41) is 2.49. The van der Waals surface area contributed by atoms with Crippen LogP contribution in [0.2, 0.25) is 0 Å². The minimum atomic E-state index is -0.175. The Kier molecular flexibility index (Phi) is 7.60. The summed E-state index contributed by atoms with van der Waals surface area (Å²) in [6, 6.07) is 70.8. The number of hydrogen-bond acceptors (Lipinski definition) is 1. The standard InChI is InChI=1S/C62H52N2/c1-60(2)56-32-44(43-17-22-45(23-18-43)61-36-40-31-46-33-47(38-61)62(46,37-40)39-61)21-28-52(56)53-29-26-51(35-57(53)60)63(49-24-19-42(20-25-49)41-11-5-3-6-12-41)50-27-30-59-55(34-50)54-15-9-10-16-58(54)64(59)48-13-7-4-8-14-48/h3-30,32,34-35,40,46-47H,31,33,36-39H2,1-2H3. The van der Waals surface area contributed by atoms with Gasteiger partial charge in [-0.1, -0.05) is 135 Å². The van der Waals surface area contributed by atoms with E-state index in [1.165, 1.54) is 111 Å². The van der Waals surface area contributed by atoms with E-state index < -0.39 is 0 Å². The number of aromatic nitrogens is 1. The second kappa shape index (κ2) is 13.2. The largest absolute Gasteiger partial charge is 0.310 e. The molecule has 1 spiro atoms. The van der Waals surface area contributed by atoms with Gasteiger partial charge < -0.3 is 9.47 Å². The zero-order valence-corrected chi connectivity index (χ0v) is 36.8. The Morgan fingerprint density at radius 2 is 1.08 bits per heavy atom. The van der Waals surface area contributed by atoms with Crippen LogP contribution in [0.3, 0.4) is 0 Å². The van der Waals surface area contributed by atoms with Crippen LogP contribution in [0.1, 0.15) is 69.1 Å². The summed E-state index contributed by atoms with van der Waals surface area (Å²) in [5.41, 5.74) is 20.2. The van der Waals surface area contributed by atoms with Crippen LogP contribution in [-0.4, -0.2) is 4.57 Å². The summed E-state index contributed by atoms with van der Waals surface area (Å²) in [5.74, 6) is 3.00. The summed E-state index contributed by atoms with van der Waals surface area (Å²) in [6.07, 6.45) is 8.90. The fourth-order valence-electron chi connectivity index (χ4n) is 14.6. The van der Waals surface area contributed by atoms with Crippen molar-refractivity contribution >= 4 is 38.9 Å². The Morgan fingerprint density at radius 1 is 0.469 bits per heavy atom. The molecular formula is C62H52N2. The van der Waals surface area contributed by atoms with Crippen LogP contribution < -0.4 is 4.90 Å². The van der Waals surface area contributed by atoms with Crippen LogP contribution in [-0.2, 0) is 10.8 Å². The van der Waals surface area contributed by atoms with Crippen LogP contribution in [0.15, 0.2) is 188 Å². The molecule has 2 nitrogen and oxygen atoms in total. The van der Waals surface area contributed by atoms with Crippen molar-refractivity contribution in [1.82, 2.24) is 4.57 Å². The normalized spacial score (nSPS) is 24.1. The lowest BCUT2D eigenvalue weighted by molar-refractivity contribution is -0.000160. The van der Waals surface area contributed by atoms with E-state index in [-0.39, 0.29) is 5.41 Å². The molecule has 310 valence electrons. The molecule has 4 saturated carbocycles. The van der Waals surface area contributed by atoms with Gasteiger partial charge in [0.2, 0.25) is 0 Å². The van der Waals surface area contributed by atoms with Crippen molar-refractivity contribution in [3.63, 3.8) is 0 Å². The van der Waals surface area contributed by atoms with Gasteiger partial charge in [0, 0.05) is 38.9 Å². The Hall–Kier alpha value is -6.64. The average molecular weight is 825 g/mol. The van der Waals surface area contributed by atoms with Gasteiger partial charge in [-0.05, 0) is 184 Å². The predicted octanol–water partition coefficient (Wildman–Crippen LogP) is 16.4. The Bertz CT molecular complexity index is 3320. The molecule has 0 amide bonds. The zero-order valence-electron chi connectivity index (χ0n) is 36.8. The van der Waals surface area contributed by atoms with E-state index in [0.717, 1.165) is 34.8 Å². The molecule has 1 aromatic heterocycles. The fraction of sp³-hybridized carbons (Fsp3) is 0.226. The number of nitrogens with zero attached hydrogens (tertiary/aromatic N) is 2. The van der Waals surface area contributed by atoms with Crippen molar-refractivity contribution in [2.45, 2.75) is 63.2 Å². The molecule has 2 heteroatoms. The van der Waals surface area contributed by atoms with E-state index in [1.54, 1.807) is 5.56 Å². The van der Waals surface area contributed by atoms with Crippen LogP contribution in [0.25, 0.3) is 60.9 Å². The number of hydrogen-bond donors (Lipinski definition) is 0. The fourth-order valence-corrected chi connectivity index (χ4v) is 14.6. The average Bonchev–Trinajstić information content (AvgIpc) is 3.93. The van der Waals surface area contributed by atoms with Gasteiger partial charge in [0.25, 0.3) is 0 Å². The second-order valence-electron chi connectivity index (χ2n) is 20.9. The summed E-state index contributed by atoms with van der Waals surface area (Å²) < 4.78 is 2.40. The van der Waals surface area contributed by atoms with Crippen LogP contribution in [0, 0.1) is 23.2 Å². The van der Waals surface area contributed by atoms with Crippen molar-refractivity contribution in [2.75, 3.05) is 4.90 Å². The maximum absolute atomic E-state index is 2.52. The van der Waals surface area contributed by atoms with Gasteiger partial charge in [-0.15, -0.1) is 0 Å². The predicted molar refractivity (Wildman–Crippen MR) is 266 cm³/mol. The first-order valence-corrected chi connectivity index (χ1v) is 23.8. The SMILES string of the molecule is CC1(C)c2cc(-c3ccc(C45CC6CC7CC(C4)C7(C6)C5)cc3)ccc2-c2ccc(N(c3ccc(-c4ccccc4)cc3)c3ccc4c(c3)c3ccccc3n4-c3ccccc3)cc21. The highest BCUT2D eigenvalue weighted by Gasteiger charge is 2.70. The van der Waals surface area contributed by atoms with E-state index in [4.69, 9.17) is 0 Å². The summed E-state index contributed by atoms with van der Waals surface area (Å²) in [4.78, 5) is 2.46. The highest BCUT2D eigenvalue weighted by Crippen LogP contribution is 2.79. The summed E-state index contributed by atoms with van der Waals surface area (Å²) in [7, 11) is 0. The number of benzene rings is 8. The highest BCUT2D eigenvalue weighted by atomic mass is 15.1. The minimum absolute atomic E-state index is 0.175. The molecule has 0 radical (unpaired) electrons. The quantitative estimate of drug-likeness (QED) is 0.155. The molecule has 5 aliphatic rings. The van der Waals surface area contributed by atoms with E-state index in [0.29, 0.717) is 10.8 Å². The number of rotatable bonds is 7. The van der Waals surface area contributed by atoms with Crippen molar-refractivity contribution in [3.05, 3.63) is 205 Å². The Labute approximate surface area is 376 Å². The number of para-hydroxylation sites is 2. The van der Waals surface area contributed by atoms with Gasteiger partial charge in [-0.2, -0.15) is 0 Å². The van der Waals surface area contributed by atoms with E-state index in [1.807, 2.05) is 0 Å². The second-order valence-corrected chi connectivity index (χ2v) is 20.9. The van der Waals surface area contributed by atoms with Crippen LogP contribution >= 0.6 is 0 Å². The first-order chi connectivity index (χ1) is 31.4.